The molecule has 0 atom stereocenters. The van der Waals surface area contributed by atoms with Gasteiger partial charge in [0.25, 0.3) is 0 Å². The Kier molecular flexibility index (Phi) is 5.34. The molecule has 0 saturated carbocycles. The van der Waals surface area contributed by atoms with Crippen LogP contribution < -0.4 is 10.6 Å². The van der Waals surface area contributed by atoms with Crippen molar-refractivity contribution in [3.8, 4) is 0 Å². The number of aliphatic hydroxyl groups excluding tert-OH is 1. The van der Waals surface area contributed by atoms with Crippen molar-refractivity contribution in [2.75, 3.05) is 30.3 Å². The van der Waals surface area contributed by atoms with Crippen LogP contribution in [0.5, 0.6) is 0 Å². The van der Waals surface area contributed by atoms with Crippen molar-refractivity contribution in [1.29, 1.82) is 0 Å². The number of rotatable bonds is 6. The van der Waals surface area contributed by atoms with E-state index in [2.05, 4.69) is 36.5 Å². The molecule has 0 unspecified atom stereocenters. The highest BCUT2D eigenvalue weighted by Gasteiger charge is 2.06. The smallest absolute Gasteiger partial charge is 0.145 e. The summed E-state index contributed by atoms with van der Waals surface area (Å²) in [4.78, 5) is 8.20. The van der Waals surface area contributed by atoms with E-state index in [0.29, 0.717) is 13.0 Å². The highest BCUT2D eigenvalue weighted by molar-refractivity contribution is 9.10. The lowest BCUT2D eigenvalue weighted by Crippen LogP contribution is -2.08. The normalized spacial score (nSPS) is 10.1. The molecule has 1 rings (SSSR count). The summed E-state index contributed by atoms with van der Waals surface area (Å²) >= 11 is 3.42. The largest absolute Gasteiger partial charge is 0.396 e. The standard InChI is InChI=1S/C9H15BrN4O/c1-2-11-8-7(10)9(14-6-13-8)12-4-3-5-15/h6,15H,2-5H2,1H3,(H2,11,12,13,14). The van der Waals surface area contributed by atoms with Gasteiger partial charge in [-0.2, -0.15) is 0 Å². The number of aliphatic hydroxyl groups is 1. The van der Waals surface area contributed by atoms with Gasteiger partial charge in [0.15, 0.2) is 0 Å². The van der Waals surface area contributed by atoms with Crippen LogP contribution in [0.1, 0.15) is 13.3 Å². The van der Waals surface area contributed by atoms with Gasteiger partial charge < -0.3 is 15.7 Å². The highest BCUT2D eigenvalue weighted by atomic mass is 79.9. The lowest BCUT2D eigenvalue weighted by molar-refractivity contribution is 0.292. The van der Waals surface area contributed by atoms with E-state index in [-0.39, 0.29) is 6.61 Å². The third-order valence-corrected chi connectivity index (χ3v) is 2.51. The molecule has 0 fully saturated rings. The maximum absolute atomic E-state index is 8.66. The molecule has 5 nitrogen and oxygen atoms in total. The van der Waals surface area contributed by atoms with Crippen molar-refractivity contribution < 1.29 is 5.11 Å². The van der Waals surface area contributed by atoms with E-state index in [1.807, 2.05) is 6.92 Å². The summed E-state index contributed by atoms with van der Waals surface area (Å²) in [5, 5.41) is 14.9. The van der Waals surface area contributed by atoms with Crippen molar-refractivity contribution in [1.82, 2.24) is 9.97 Å². The molecule has 0 saturated heterocycles. The van der Waals surface area contributed by atoms with Gasteiger partial charge in [0.1, 0.15) is 22.4 Å². The number of hydrogen-bond acceptors (Lipinski definition) is 5. The van der Waals surface area contributed by atoms with E-state index in [1.165, 1.54) is 6.33 Å². The number of hydrogen-bond donors (Lipinski definition) is 3. The van der Waals surface area contributed by atoms with Crippen LogP contribution in [-0.2, 0) is 0 Å². The van der Waals surface area contributed by atoms with Gasteiger partial charge in [-0.1, -0.05) is 0 Å². The molecular weight excluding hydrogens is 260 g/mol. The molecular formula is C9H15BrN4O. The zero-order valence-electron chi connectivity index (χ0n) is 8.63. The van der Waals surface area contributed by atoms with E-state index < -0.39 is 0 Å². The van der Waals surface area contributed by atoms with Gasteiger partial charge in [-0.3, -0.25) is 0 Å². The van der Waals surface area contributed by atoms with Crippen molar-refractivity contribution in [2.45, 2.75) is 13.3 Å². The van der Waals surface area contributed by atoms with E-state index in [9.17, 15) is 0 Å². The number of halogens is 1. The first-order valence-corrected chi connectivity index (χ1v) is 5.68. The summed E-state index contributed by atoms with van der Waals surface area (Å²) in [6, 6.07) is 0. The van der Waals surface area contributed by atoms with Crippen molar-refractivity contribution in [3.63, 3.8) is 0 Å². The zero-order chi connectivity index (χ0) is 11.1. The summed E-state index contributed by atoms with van der Waals surface area (Å²) in [6.45, 7) is 3.69. The van der Waals surface area contributed by atoms with Crippen molar-refractivity contribution in [3.05, 3.63) is 10.8 Å². The summed E-state index contributed by atoms with van der Waals surface area (Å²) in [6.07, 6.45) is 2.21. The maximum atomic E-state index is 8.66. The number of nitrogens with zero attached hydrogens (tertiary/aromatic N) is 2. The first-order chi connectivity index (χ1) is 7.29. The van der Waals surface area contributed by atoms with Gasteiger partial charge in [-0.25, -0.2) is 9.97 Å². The van der Waals surface area contributed by atoms with Crippen LogP contribution in [0.15, 0.2) is 10.8 Å². The number of aromatic nitrogens is 2. The average molecular weight is 275 g/mol. The molecule has 1 aromatic heterocycles. The van der Waals surface area contributed by atoms with Crippen LogP contribution in [0.3, 0.4) is 0 Å². The first kappa shape index (κ1) is 12.2. The molecule has 0 spiro atoms. The Labute approximate surface area is 97.5 Å². The first-order valence-electron chi connectivity index (χ1n) is 4.88. The van der Waals surface area contributed by atoms with Gasteiger partial charge in [0.2, 0.25) is 0 Å². The molecule has 6 heteroatoms. The van der Waals surface area contributed by atoms with E-state index in [4.69, 9.17) is 5.11 Å². The molecule has 0 radical (unpaired) electrons. The molecule has 84 valence electrons. The predicted molar refractivity (Wildman–Crippen MR) is 64.1 cm³/mol. The summed E-state index contributed by atoms with van der Waals surface area (Å²) in [7, 11) is 0. The summed E-state index contributed by atoms with van der Waals surface area (Å²) in [5.74, 6) is 1.52. The fraction of sp³-hybridized carbons (Fsp3) is 0.556. The molecule has 0 aromatic carbocycles. The van der Waals surface area contributed by atoms with Gasteiger partial charge in [0, 0.05) is 19.7 Å². The van der Waals surface area contributed by atoms with Crippen LogP contribution in [0.25, 0.3) is 0 Å². The Morgan fingerprint density at radius 1 is 1.33 bits per heavy atom. The molecule has 1 aromatic rings. The Morgan fingerprint density at radius 3 is 2.60 bits per heavy atom. The number of nitrogens with one attached hydrogen (secondary N) is 2. The topological polar surface area (TPSA) is 70.1 Å². The second-order valence-electron chi connectivity index (χ2n) is 2.92. The van der Waals surface area contributed by atoms with Crippen LogP contribution >= 0.6 is 15.9 Å². The van der Waals surface area contributed by atoms with Gasteiger partial charge in [0.05, 0.1) is 0 Å². The minimum Gasteiger partial charge on any atom is -0.396 e. The van der Waals surface area contributed by atoms with Crippen molar-refractivity contribution in [2.24, 2.45) is 0 Å². The molecule has 0 aliphatic carbocycles. The Balaban J connectivity index is 2.66. The lowest BCUT2D eigenvalue weighted by Gasteiger charge is -2.10. The van der Waals surface area contributed by atoms with Crippen LogP contribution in [0.4, 0.5) is 11.6 Å². The highest BCUT2D eigenvalue weighted by Crippen LogP contribution is 2.25. The Bertz CT molecular complexity index is 308. The second kappa shape index (κ2) is 6.58. The van der Waals surface area contributed by atoms with Gasteiger partial charge >= 0.3 is 0 Å². The summed E-state index contributed by atoms with van der Waals surface area (Å²) in [5.41, 5.74) is 0. The lowest BCUT2D eigenvalue weighted by atomic mass is 10.4. The fourth-order valence-electron chi connectivity index (χ4n) is 1.07. The molecule has 1 heterocycles. The van der Waals surface area contributed by atoms with Gasteiger partial charge in [-0.15, -0.1) is 0 Å². The molecule has 0 bridgehead atoms. The van der Waals surface area contributed by atoms with E-state index >= 15 is 0 Å². The molecule has 3 N–H and O–H groups in total. The minimum atomic E-state index is 0.176. The second-order valence-corrected chi connectivity index (χ2v) is 3.71. The van der Waals surface area contributed by atoms with E-state index in [1.54, 1.807) is 0 Å². The molecule has 0 amide bonds. The average Bonchev–Trinajstić information content (AvgIpc) is 2.24. The molecule has 15 heavy (non-hydrogen) atoms. The van der Waals surface area contributed by atoms with Crippen LogP contribution in [-0.4, -0.2) is 34.8 Å². The third kappa shape index (κ3) is 3.64. The Hall–Kier alpha value is -0.880. The predicted octanol–water partition coefficient (Wildman–Crippen LogP) is 1.47. The zero-order valence-corrected chi connectivity index (χ0v) is 10.2. The number of anilines is 2. The fourth-order valence-corrected chi connectivity index (χ4v) is 1.55. The SMILES string of the molecule is CCNc1ncnc(NCCCO)c1Br. The molecule has 0 aliphatic heterocycles. The monoisotopic (exact) mass is 274 g/mol. The van der Waals surface area contributed by atoms with Crippen LogP contribution in [0, 0.1) is 0 Å². The molecule has 0 aliphatic rings. The van der Waals surface area contributed by atoms with Gasteiger partial charge in [-0.05, 0) is 29.3 Å². The van der Waals surface area contributed by atoms with Crippen LogP contribution in [0.2, 0.25) is 0 Å². The minimum absolute atomic E-state index is 0.176. The third-order valence-electron chi connectivity index (χ3n) is 1.76. The summed E-state index contributed by atoms with van der Waals surface area (Å²) < 4.78 is 0.824. The van der Waals surface area contributed by atoms with E-state index in [0.717, 1.165) is 22.7 Å². The van der Waals surface area contributed by atoms with Crippen molar-refractivity contribution >= 4 is 27.6 Å². The Morgan fingerprint density at radius 2 is 2.00 bits per heavy atom. The quantitative estimate of drug-likeness (QED) is 0.686. The maximum Gasteiger partial charge on any atom is 0.145 e.